The third kappa shape index (κ3) is 5.14. The molecule has 7 nitrogen and oxygen atoms in total. The van der Waals surface area contributed by atoms with Crippen molar-refractivity contribution in [3.05, 3.63) is 53.6 Å². The lowest BCUT2D eigenvalue weighted by atomic mass is 10.2. The average molecular weight is 358 g/mol. The zero-order chi connectivity index (χ0) is 18.9. The molecule has 2 rings (SSSR count). The molecule has 0 aromatic heterocycles. The number of carbonyl (C=O) groups is 2. The molecule has 2 aromatic carbocycles. The summed E-state index contributed by atoms with van der Waals surface area (Å²) in [5.74, 6) is 1.15. The van der Waals surface area contributed by atoms with Gasteiger partial charge in [-0.2, -0.15) is 0 Å². The number of benzene rings is 2. The van der Waals surface area contributed by atoms with Gasteiger partial charge in [0, 0.05) is 12.1 Å². The van der Waals surface area contributed by atoms with Gasteiger partial charge in [0.25, 0.3) is 5.91 Å². The fraction of sp³-hybridized carbons (Fsp3) is 0.263. The van der Waals surface area contributed by atoms with Crippen LogP contribution in [0.5, 0.6) is 17.2 Å². The van der Waals surface area contributed by atoms with Crippen LogP contribution in [-0.4, -0.2) is 39.7 Å². The van der Waals surface area contributed by atoms with E-state index in [0.717, 1.165) is 5.56 Å². The zero-order valence-corrected chi connectivity index (χ0v) is 15.0. The minimum atomic E-state index is -0.342. The Labute approximate surface area is 152 Å². The Morgan fingerprint density at radius 2 is 1.65 bits per heavy atom. The highest BCUT2D eigenvalue weighted by molar-refractivity contribution is 5.96. The monoisotopic (exact) mass is 358 g/mol. The molecule has 0 atom stereocenters. The Morgan fingerprint density at radius 3 is 2.35 bits per heavy atom. The first kappa shape index (κ1) is 19.1. The Balaban J connectivity index is 1.84. The molecule has 2 aromatic rings. The first-order valence-corrected chi connectivity index (χ1v) is 7.97. The molecule has 0 bridgehead atoms. The van der Waals surface area contributed by atoms with Crippen molar-refractivity contribution in [3.63, 3.8) is 0 Å². The first-order valence-electron chi connectivity index (χ1n) is 7.97. The molecular formula is C19H22N2O5. The quantitative estimate of drug-likeness (QED) is 0.751. The number of methoxy groups -OCH3 is 3. The molecule has 0 radical (unpaired) electrons. The standard InChI is InChI=1S/C19H22N2O5/c1-24-15-6-4-5-14(10-15)19(23)21-12-18(22)20-11-13-7-8-16(25-2)17(9-13)26-3/h4-10H,11-12H2,1-3H3,(H,20,22)(H,21,23). The number of hydrogen-bond donors (Lipinski definition) is 2. The van der Waals surface area contributed by atoms with Gasteiger partial charge < -0.3 is 24.8 Å². The summed E-state index contributed by atoms with van der Waals surface area (Å²) in [5, 5.41) is 5.32. The number of rotatable bonds is 8. The molecule has 0 aliphatic heterocycles. The molecule has 0 heterocycles. The highest BCUT2D eigenvalue weighted by Gasteiger charge is 2.10. The number of carbonyl (C=O) groups excluding carboxylic acids is 2. The first-order chi connectivity index (χ1) is 12.6. The van der Waals surface area contributed by atoms with E-state index in [1.165, 1.54) is 7.11 Å². The molecule has 138 valence electrons. The Morgan fingerprint density at radius 1 is 0.885 bits per heavy atom. The van der Waals surface area contributed by atoms with E-state index in [1.54, 1.807) is 50.6 Å². The summed E-state index contributed by atoms with van der Waals surface area (Å²) in [5.41, 5.74) is 1.28. The largest absolute Gasteiger partial charge is 0.497 e. The van der Waals surface area contributed by atoms with E-state index in [1.807, 2.05) is 6.07 Å². The van der Waals surface area contributed by atoms with Crippen LogP contribution in [0.25, 0.3) is 0 Å². The molecule has 0 saturated heterocycles. The SMILES string of the molecule is COc1cccc(C(=O)NCC(=O)NCc2ccc(OC)c(OC)c2)c1. The molecule has 0 fully saturated rings. The summed E-state index contributed by atoms with van der Waals surface area (Å²) in [6.45, 7) is 0.192. The average Bonchev–Trinajstić information content (AvgIpc) is 2.70. The van der Waals surface area contributed by atoms with Crippen molar-refractivity contribution in [2.24, 2.45) is 0 Å². The van der Waals surface area contributed by atoms with Gasteiger partial charge in [-0.1, -0.05) is 12.1 Å². The lowest BCUT2D eigenvalue weighted by Crippen LogP contribution is -2.36. The van der Waals surface area contributed by atoms with Crippen LogP contribution in [0.15, 0.2) is 42.5 Å². The van der Waals surface area contributed by atoms with E-state index in [-0.39, 0.29) is 18.4 Å². The molecule has 0 unspecified atom stereocenters. The van der Waals surface area contributed by atoms with E-state index in [9.17, 15) is 9.59 Å². The van der Waals surface area contributed by atoms with Crippen LogP contribution in [0.3, 0.4) is 0 Å². The van der Waals surface area contributed by atoms with Crippen molar-refractivity contribution in [2.45, 2.75) is 6.54 Å². The highest BCUT2D eigenvalue weighted by atomic mass is 16.5. The molecule has 2 N–H and O–H groups in total. The Bertz CT molecular complexity index is 776. The minimum Gasteiger partial charge on any atom is -0.497 e. The molecular weight excluding hydrogens is 336 g/mol. The molecule has 7 heteroatoms. The van der Waals surface area contributed by atoms with Gasteiger partial charge in [-0.3, -0.25) is 9.59 Å². The summed E-state index contributed by atoms with van der Waals surface area (Å²) in [4.78, 5) is 24.0. The zero-order valence-electron chi connectivity index (χ0n) is 15.0. The summed E-state index contributed by atoms with van der Waals surface area (Å²) in [7, 11) is 4.64. The molecule has 2 amide bonds. The van der Waals surface area contributed by atoms with E-state index in [2.05, 4.69) is 10.6 Å². The molecule has 26 heavy (non-hydrogen) atoms. The van der Waals surface area contributed by atoms with Gasteiger partial charge in [-0.25, -0.2) is 0 Å². The van der Waals surface area contributed by atoms with Crippen molar-refractivity contribution in [3.8, 4) is 17.2 Å². The van der Waals surface area contributed by atoms with Crippen LogP contribution < -0.4 is 24.8 Å². The van der Waals surface area contributed by atoms with E-state index < -0.39 is 0 Å². The lowest BCUT2D eigenvalue weighted by molar-refractivity contribution is -0.120. The van der Waals surface area contributed by atoms with Crippen molar-refractivity contribution < 1.29 is 23.8 Å². The summed E-state index contributed by atoms with van der Waals surface area (Å²) >= 11 is 0. The molecule has 0 saturated carbocycles. The van der Waals surface area contributed by atoms with Gasteiger partial charge >= 0.3 is 0 Å². The summed E-state index contributed by atoms with van der Waals surface area (Å²) in [6.07, 6.45) is 0. The Kier molecular flexibility index (Phi) is 6.84. The van der Waals surface area contributed by atoms with Crippen molar-refractivity contribution in [2.75, 3.05) is 27.9 Å². The predicted octanol–water partition coefficient (Wildman–Crippen LogP) is 1.76. The van der Waals surface area contributed by atoms with Crippen LogP contribution in [0.1, 0.15) is 15.9 Å². The third-order valence-electron chi connectivity index (χ3n) is 3.68. The predicted molar refractivity (Wildman–Crippen MR) is 96.7 cm³/mol. The van der Waals surface area contributed by atoms with Gasteiger partial charge in [0.05, 0.1) is 27.9 Å². The maximum Gasteiger partial charge on any atom is 0.251 e. The molecule has 0 spiro atoms. The smallest absolute Gasteiger partial charge is 0.251 e. The third-order valence-corrected chi connectivity index (χ3v) is 3.68. The van der Waals surface area contributed by atoms with E-state index in [0.29, 0.717) is 29.4 Å². The molecule has 0 aliphatic rings. The fourth-order valence-corrected chi connectivity index (χ4v) is 2.28. The van der Waals surface area contributed by atoms with Crippen molar-refractivity contribution in [1.29, 1.82) is 0 Å². The lowest BCUT2D eigenvalue weighted by Gasteiger charge is -2.11. The van der Waals surface area contributed by atoms with Crippen LogP contribution in [-0.2, 0) is 11.3 Å². The van der Waals surface area contributed by atoms with Crippen LogP contribution in [0, 0.1) is 0 Å². The summed E-state index contributed by atoms with van der Waals surface area (Å²) < 4.78 is 15.5. The van der Waals surface area contributed by atoms with Crippen LogP contribution >= 0.6 is 0 Å². The maximum atomic E-state index is 12.1. The summed E-state index contributed by atoms with van der Waals surface area (Å²) in [6, 6.07) is 12.1. The second-order valence-electron chi connectivity index (χ2n) is 5.38. The van der Waals surface area contributed by atoms with Gasteiger partial charge in [0.1, 0.15) is 5.75 Å². The van der Waals surface area contributed by atoms with E-state index in [4.69, 9.17) is 14.2 Å². The number of amides is 2. The maximum absolute atomic E-state index is 12.1. The van der Waals surface area contributed by atoms with Crippen LogP contribution in [0.2, 0.25) is 0 Å². The fourth-order valence-electron chi connectivity index (χ4n) is 2.28. The van der Waals surface area contributed by atoms with Crippen LogP contribution in [0.4, 0.5) is 0 Å². The normalized spacial score (nSPS) is 9.96. The highest BCUT2D eigenvalue weighted by Crippen LogP contribution is 2.27. The molecule has 0 aliphatic carbocycles. The second-order valence-corrected chi connectivity index (χ2v) is 5.38. The topological polar surface area (TPSA) is 85.9 Å². The van der Waals surface area contributed by atoms with E-state index >= 15 is 0 Å². The number of hydrogen-bond acceptors (Lipinski definition) is 5. The minimum absolute atomic E-state index is 0.122. The second kappa shape index (κ2) is 9.31. The van der Waals surface area contributed by atoms with Gasteiger partial charge in [-0.05, 0) is 35.9 Å². The van der Waals surface area contributed by atoms with Gasteiger partial charge in [-0.15, -0.1) is 0 Å². The van der Waals surface area contributed by atoms with Gasteiger partial charge in [0.2, 0.25) is 5.91 Å². The van der Waals surface area contributed by atoms with Crippen molar-refractivity contribution in [1.82, 2.24) is 10.6 Å². The van der Waals surface area contributed by atoms with Crippen molar-refractivity contribution >= 4 is 11.8 Å². The number of ether oxygens (including phenoxy) is 3. The van der Waals surface area contributed by atoms with Gasteiger partial charge in [0.15, 0.2) is 11.5 Å². The Hall–Kier alpha value is -3.22. The number of nitrogens with one attached hydrogen (secondary N) is 2.